The lowest BCUT2D eigenvalue weighted by Gasteiger charge is -2.33. The molecule has 1 unspecified atom stereocenters. The maximum Gasteiger partial charge on any atom is 0.227 e. The topological polar surface area (TPSA) is 56.0 Å². The second kappa shape index (κ2) is 5.94. The third-order valence-electron chi connectivity index (χ3n) is 4.68. The zero-order valence-electron chi connectivity index (χ0n) is 13.5. The van der Waals surface area contributed by atoms with Crippen molar-refractivity contribution < 1.29 is 4.79 Å². The fourth-order valence-electron chi connectivity index (χ4n) is 3.25. The molecule has 1 aliphatic rings. The minimum absolute atomic E-state index is 0.198. The summed E-state index contributed by atoms with van der Waals surface area (Å²) in [6, 6.07) is 0.344. The number of aryl methyl sites for hydroxylation is 2. The number of piperidine rings is 1. The number of aromatic nitrogens is 4. The number of carbonyl (C=O) groups excluding carboxylic acids is 1. The summed E-state index contributed by atoms with van der Waals surface area (Å²) >= 11 is 0. The van der Waals surface area contributed by atoms with E-state index >= 15 is 0 Å². The first-order chi connectivity index (χ1) is 10.6. The number of carbonyl (C=O) groups is 1. The predicted molar refractivity (Wildman–Crippen MR) is 83.5 cm³/mol. The van der Waals surface area contributed by atoms with Crippen molar-refractivity contribution >= 4 is 5.91 Å². The van der Waals surface area contributed by atoms with E-state index < -0.39 is 0 Å². The minimum atomic E-state index is 0.198. The van der Waals surface area contributed by atoms with Crippen LogP contribution < -0.4 is 0 Å². The van der Waals surface area contributed by atoms with Crippen LogP contribution >= 0.6 is 0 Å². The lowest BCUT2D eigenvalue weighted by atomic mass is 10.0. The van der Waals surface area contributed by atoms with Gasteiger partial charge in [-0.1, -0.05) is 0 Å². The van der Waals surface area contributed by atoms with Crippen molar-refractivity contribution in [2.24, 2.45) is 7.05 Å². The van der Waals surface area contributed by atoms with Gasteiger partial charge in [-0.3, -0.25) is 9.48 Å². The molecule has 2 aromatic rings. The summed E-state index contributed by atoms with van der Waals surface area (Å²) in [6.07, 6.45) is 8.21. The maximum atomic E-state index is 12.7. The molecule has 1 aliphatic heterocycles. The van der Waals surface area contributed by atoms with Crippen LogP contribution in [0.4, 0.5) is 0 Å². The molecule has 0 aliphatic carbocycles. The van der Waals surface area contributed by atoms with Crippen LogP contribution in [0, 0.1) is 13.8 Å². The molecule has 1 fully saturated rings. The molecule has 3 heterocycles. The van der Waals surface area contributed by atoms with Gasteiger partial charge in [-0.05, 0) is 26.7 Å². The summed E-state index contributed by atoms with van der Waals surface area (Å²) in [5, 5.41) is 4.40. The second-order valence-electron chi connectivity index (χ2n) is 6.10. The highest BCUT2D eigenvalue weighted by atomic mass is 16.2. The van der Waals surface area contributed by atoms with Crippen LogP contribution in [0.5, 0.6) is 0 Å². The van der Waals surface area contributed by atoms with Gasteiger partial charge in [0.15, 0.2) is 0 Å². The molecule has 0 saturated carbocycles. The van der Waals surface area contributed by atoms with Gasteiger partial charge in [0.05, 0.1) is 24.5 Å². The molecule has 1 atom stereocenters. The molecule has 1 amide bonds. The van der Waals surface area contributed by atoms with Gasteiger partial charge in [-0.2, -0.15) is 5.10 Å². The van der Waals surface area contributed by atoms with E-state index in [4.69, 9.17) is 0 Å². The first kappa shape index (κ1) is 14.8. The zero-order chi connectivity index (χ0) is 15.7. The normalized spacial score (nSPS) is 18.7. The number of rotatable bonds is 3. The highest BCUT2D eigenvalue weighted by molar-refractivity contribution is 5.79. The Morgan fingerprint density at radius 2 is 2.23 bits per heavy atom. The lowest BCUT2D eigenvalue weighted by molar-refractivity contribution is -0.132. The standard InChI is InChI=1S/C16H23N5O/c1-12-15(13(2)19(3)18-12)9-16(22)20-7-4-5-14(10-20)21-8-6-17-11-21/h6,8,11,14H,4-5,7,9-10H2,1-3H3. The van der Waals surface area contributed by atoms with Gasteiger partial charge in [-0.15, -0.1) is 0 Å². The number of likely N-dealkylation sites (tertiary alicyclic amines) is 1. The molecular weight excluding hydrogens is 278 g/mol. The molecule has 3 rings (SSSR count). The summed E-state index contributed by atoms with van der Waals surface area (Å²) in [5.41, 5.74) is 3.10. The van der Waals surface area contributed by atoms with Gasteiger partial charge in [0, 0.05) is 43.8 Å². The summed E-state index contributed by atoms with van der Waals surface area (Å²) in [7, 11) is 1.92. The van der Waals surface area contributed by atoms with Crippen molar-refractivity contribution in [3.05, 3.63) is 35.7 Å². The van der Waals surface area contributed by atoms with E-state index in [0.717, 1.165) is 42.9 Å². The Morgan fingerprint density at radius 1 is 1.41 bits per heavy atom. The molecule has 0 radical (unpaired) electrons. The molecule has 0 spiro atoms. The minimum Gasteiger partial charge on any atom is -0.340 e. The Hall–Kier alpha value is -2.11. The zero-order valence-corrected chi connectivity index (χ0v) is 13.5. The molecule has 0 aromatic carbocycles. The lowest BCUT2D eigenvalue weighted by Crippen LogP contribution is -2.41. The van der Waals surface area contributed by atoms with Crippen LogP contribution in [0.15, 0.2) is 18.7 Å². The fourth-order valence-corrected chi connectivity index (χ4v) is 3.25. The van der Waals surface area contributed by atoms with Gasteiger partial charge < -0.3 is 9.47 Å². The highest BCUT2D eigenvalue weighted by Crippen LogP contribution is 2.22. The Bertz CT molecular complexity index is 658. The van der Waals surface area contributed by atoms with E-state index in [-0.39, 0.29) is 5.91 Å². The average Bonchev–Trinajstić information content (AvgIpc) is 3.12. The Labute approximate surface area is 130 Å². The van der Waals surface area contributed by atoms with Gasteiger partial charge in [0.2, 0.25) is 5.91 Å². The second-order valence-corrected chi connectivity index (χ2v) is 6.10. The highest BCUT2D eigenvalue weighted by Gasteiger charge is 2.25. The first-order valence-electron chi connectivity index (χ1n) is 7.80. The number of imidazole rings is 1. The van der Waals surface area contributed by atoms with E-state index in [1.807, 2.05) is 43.0 Å². The monoisotopic (exact) mass is 301 g/mol. The quantitative estimate of drug-likeness (QED) is 0.866. The van der Waals surface area contributed by atoms with E-state index in [1.54, 1.807) is 6.20 Å². The van der Waals surface area contributed by atoms with Crippen LogP contribution in [0.2, 0.25) is 0 Å². The molecule has 6 nitrogen and oxygen atoms in total. The smallest absolute Gasteiger partial charge is 0.227 e. The number of amides is 1. The van der Waals surface area contributed by atoms with E-state index in [1.165, 1.54) is 0 Å². The molecule has 1 saturated heterocycles. The van der Waals surface area contributed by atoms with Crippen LogP contribution in [-0.4, -0.2) is 43.2 Å². The van der Waals surface area contributed by atoms with Gasteiger partial charge in [0.1, 0.15) is 0 Å². The Morgan fingerprint density at radius 3 is 2.86 bits per heavy atom. The molecule has 6 heteroatoms. The summed E-state index contributed by atoms with van der Waals surface area (Å²) in [4.78, 5) is 18.8. The number of hydrogen-bond donors (Lipinski definition) is 0. The summed E-state index contributed by atoms with van der Waals surface area (Å²) < 4.78 is 3.96. The fraction of sp³-hybridized carbons (Fsp3) is 0.562. The Kier molecular flexibility index (Phi) is 4.00. The van der Waals surface area contributed by atoms with Crippen molar-refractivity contribution in [2.45, 2.75) is 39.2 Å². The number of nitrogens with zero attached hydrogens (tertiary/aromatic N) is 5. The average molecular weight is 301 g/mol. The van der Waals surface area contributed by atoms with Crippen molar-refractivity contribution in [1.82, 2.24) is 24.2 Å². The van der Waals surface area contributed by atoms with E-state index in [0.29, 0.717) is 12.5 Å². The van der Waals surface area contributed by atoms with E-state index in [9.17, 15) is 4.79 Å². The van der Waals surface area contributed by atoms with Gasteiger partial charge >= 0.3 is 0 Å². The molecule has 0 N–H and O–H groups in total. The van der Waals surface area contributed by atoms with Crippen molar-refractivity contribution in [2.75, 3.05) is 13.1 Å². The first-order valence-corrected chi connectivity index (χ1v) is 7.80. The maximum absolute atomic E-state index is 12.7. The largest absolute Gasteiger partial charge is 0.340 e. The summed E-state index contributed by atoms with van der Waals surface area (Å²) in [5.74, 6) is 0.198. The van der Waals surface area contributed by atoms with Crippen molar-refractivity contribution in [1.29, 1.82) is 0 Å². The third-order valence-corrected chi connectivity index (χ3v) is 4.68. The van der Waals surface area contributed by atoms with Crippen LogP contribution in [0.3, 0.4) is 0 Å². The predicted octanol–water partition coefficient (Wildman–Crippen LogP) is 1.64. The van der Waals surface area contributed by atoms with Crippen LogP contribution in [-0.2, 0) is 18.3 Å². The molecular formula is C16H23N5O. The van der Waals surface area contributed by atoms with Crippen molar-refractivity contribution in [3.63, 3.8) is 0 Å². The molecule has 22 heavy (non-hydrogen) atoms. The molecule has 118 valence electrons. The number of hydrogen-bond acceptors (Lipinski definition) is 3. The Balaban J connectivity index is 1.69. The molecule has 2 aromatic heterocycles. The molecule has 0 bridgehead atoms. The van der Waals surface area contributed by atoms with Gasteiger partial charge in [0.25, 0.3) is 0 Å². The summed E-state index contributed by atoms with van der Waals surface area (Å²) in [6.45, 7) is 5.61. The van der Waals surface area contributed by atoms with Crippen LogP contribution in [0.1, 0.15) is 35.8 Å². The van der Waals surface area contributed by atoms with E-state index in [2.05, 4.69) is 14.6 Å². The SMILES string of the molecule is Cc1nn(C)c(C)c1CC(=O)N1CCCC(n2ccnc2)C1. The van der Waals surface area contributed by atoms with Crippen molar-refractivity contribution in [3.8, 4) is 0 Å². The van der Waals surface area contributed by atoms with Crippen LogP contribution in [0.25, 0.3) is 0 Å². The van der Waals surface area contributed by atoms with Gasteiger partial charge in [-0.25, -0.2) is 4.98 Å². The third kappa shape index (κ3) is 2.77.